The molecule has 1 unspecified atom stereocenters. The highest BCUT2D eigenvalue weighted by Crippen LogP contribution is 2.35. The van der Waals surface area contributed by atoms with Crippen LogP contribution in [0.1, 0.15) is 39.0 Å². The predicted octanol–water partition coefficient (Wildman–Crippen LogP) is 1.63. The Morgan fingerprint density at radius 2 is 2.12 bits per heavy atom. The van der Waals surface area contributed by atoms with Gasteiger partial charge in [-0.25, -0.2) is 0 Å². The number of nitrogens with zero attached hydrogens (tertiary/aromatic N) is 1. The molecule has 2 aliphatic rings. The van der Waals surface area contributed by atoms with Crippen molar-refractivity contribution in [3.63, 3.8) is 0 Å². The van der Waals surface area contributed by atoms with E-state index in [0.29, 0.717) is 6.04 Å². The van der Waals surface area contributed by atoms with E-state index in [-0.39, 0.29) is 5.60 Å². The van der Waals surface area contributed by atoms with Crippen molar-refractivity contribution in [2.75, 3.05) is 33.3 Å². The Bertz CT molecular complexity index is 210. The van der Waals surface area contributed by atoms with Gasteiger partial charge < -0.3 is 15.0 Å². The number of methoxy groups -OCH3 is 1. The monoisotopic (exact) mass is 226 g/mol. The smallest absolute Gasteiger partial charge is 0.0805 e. The van der Waals surface area contributed by atoms with E-state index in [4.69, 9.17) is 4.74 Å². The molecule has 1 aliphatic carbocycles. The third-order valence-corrected chi connectivity index (χ3v) is 4.23. The first-order chi connectivity index (χ1) is 7.74. The number of hydrogen-bond acceptors (Lipinski definition) is 3. The van der Waals surface area contributed by atoms with Crippen molar-refractivity contribution in [1.29, 1.82) is 0 Å². The van der Waals surface area contributed by atoms with Crippen LogP contribution in [0.5, 0.6) is 0 Å². The zero-order valence-electron chi connectivity index (χ0n) is 10.8. The lowest BCUT2D eigenvalue weighted by molar-refractivity contribution is -0.0922. The largest absolute Gasteiger partial charge is 0.377 e. The Morgan fingerprint density at radius 3 is 2.75 bits per heavy atom. The first-order valence-electron chi connectivity index (χ1n) is 6.75. The summed E-state index contributed by atoms with van der Waals surface area (Å²) in [4.78, 5) is 2.61. The average molecular weight is 226 g/mol. The molecule has 0 aromatic rings. The van der Waals surface area contributed by atoms with Gasteiger partial charge in [0.1, 0.15) is 0 Å². The fourth-order valence-electron chi connectivity index (χ4n) is 2.80. The molecule has 1 aliphatic heterocycles. The Balaban J connectivity index is 1.82. The second-order valence-electron chi connectivity index (χ2n) is 5.51. The maximum absolute atomic E-state index is 5.72. The van der Waals surface area contributed by atoms with E-state index in [2.05, 4.69) is 17.1 Å². The summed E-state index contributed by atoms with van der Waals surface area (Å²) in [6.07, 6.45) is 6.39. The Morgan fingerprint density at radius 1 is 1.31 bits per heavy atom. The molecule has 0 aromatic heterocycles. The summed E-state index contributed by atoms with van der Waals surface area (Å²) in [6.45, 7) is 7.05. The molecule has 1 heterocycles. The number of nitrogens with one attached hydrogen (secondary N) is 1. The fraction of sp³-hybridized carbons (Fsp3) is 1.00. The van der Waals surface area contributed by atoms with Crippen LogP contribution >= 0.6 is 0 Å². The minimum atomic E-state index is 0.204. The van der Waals surface area contributed by atoms with Gasteiger partial charge in [-0.3, -0.25) is 0 Å². The predicted molar refractivity (Wildman–Crippen MR) is 66.7 cm³/mol. The van der Waals surface area contributed by atoms with Crippen LogP contribution in [0.25, 0.3) is 0 Å². The van der Waals surface area contributed by atoms with Gasteiger partial charge in [0.15, 0.2) is 0 Å². The molecular weight excluding hydrogens is 200 g/mol. The van der Waals surface area contributed by atoms with Gasteiger partial charge in [0.2, 0.25) is 0 Å². The maximum Gasteiger partial charge on any atom is 0.0805 e. The van der Waals surface area contributed by atoms with Crippen LogP contribution in [0, 0.1) is 0 Å². The van der Waals surface area contributed by atoms with Crippen molar-refractivity contribution >= 4 is 0 Å². The van der Waals surface area contributed by atoms with E-state index in [0.717, 1.165) is 13.1 Å². The maximum atomic E-state index is 5.72. The van der Waals surface area contributed by atoms with E-state index in [1.54, 1.807) is 0 Å². The SMILES string of the molecule is COC1(CN2CCCNC(C)CC2)CCC1. The fourth-order valence-corrected chi connectivity index (χ4v) is 2.80. The molecule has 0 amide bonds. The molecule has 2 fully saturated rings. The quantitative estimate of drug-likeness (QED) is 0.791. The molecule has 16 heavy (non-hydrogen) atoms. The zero-order chi connectivity index (χ0) is 11.4. The van der Waals surface area contributed by atoms with Crippen LogP contribution < -0.4 is 5.32 Å². The lowest BCUT2D eigenvalue weighted by Crippen LogP contribution is -2.51. The van der Waals surface area contributed by atoms with Crippen molar-refractivity contribution < 1.29 is 4.74 Å². The number of hydrogen-bond donors (Lipinski definition) is 1. The van der Waals surface area contributed by atoms with Crippen LogP contribution in [0.15, 0.2) is 0 Å². The second kappa shape index (κ2) is 5.48. The molecule has 0 spiro atoms. The van der Waals surface area contributed by atoms with E-state index in [9.17, 15) is 0 Å². The van der Waals surface area contributed by atoms with Gasteiger partial charge in [-0.2, -0.15) is 0 Å². The Kier molecular flexibility index (Phi) is 4.22. The van der Waals surface area contributed by atoms with Crippen LogP contribution in [-0.2, 0) is 4.74 Å². The van der Waals surface area contributed by atoms with Crippen molar-refractivity contribution in [1.82, 2.24) is 10.2 Å². The third kappa shape index (κ3) is 2.96. The van der Waals surface area contributed by atoms with Crippen LogP contribution in [0.2, 0.25) is 0 Å². The Labute approximate surface area is 99.5 Å². The van der Waals surface area contributed by atoms with Gasteiger partial charge in [0.05, 0.1) is 5.60 Å². The van der Waals surface area contributed by atoms with Gasteiger partial charge in [0.25, 0.3) is 0 Å². The summed E-state index contributed by atoms with van der Waals surface area (Å²) in [5.41, 5.74) is 0.204. The van der Waals surface area contributed by atoms with Crippen molar-refractivity contribution in [3.8, 4) is 0 Å². The molecule has 1 saturated carbocycles. The summed E-state index contributed by atoms with van der Waals surface area (Å²) < 4.78 is 5.72. The normalized spacial score (nSPS) is 31.5. The Hall–Kier alpha value is -0.120. The zero-order valence-corrected chi connectivity index (χ0v) is 10.8. The second-order valence-corrected chi connectivity index (χ2v) is 5.51. The van der Waals surface area contributed by atoms with Crippen LogP contribution in [-0.4, -0.2) is 49.8 Å². The number of rotatable bonds is 3. The molecule has 1 N–H and O–H groups in total. The molecule has 0 aromatic carbocycles. The lowest BCUT2D eigenvalue weighted by atomic mass is 9.79. The van der Waals surface area contributed by atoms with E-state index in [1.807, 2.05) is 7.11 Å². The van der Waals surface area contributed by atoms with E-state index < -0.39 is 0 Å². The minimum absolute atomic E-state index is 0.204. The standard InChI is InChI=1S/C13H26N2O/c1-12-5-10-15(9-4-8-14-12)11-13(16-2)6-3-7-13/h12,14H,3-11H2,1-2H3. The molecular formula is C13H26N2O. The summed E-state index contributed by atoms with van der Waals surface area (Å²) >= 11 is 0. The molecule has 94 valence electrons. The van der Waals surface area contributed by atoms with Gasteiger partial charge in [0, 0.05) is 19.7 Å². The number of ether oxygens (including phenoxy) is 1. The summed E-state index contributed by atoms with van der Waals surface area (Å²) in [7, 11) is 1.88. The highest BCUT2D eigenvalue weighted by Gasteiger charge is 2.38. The minimum Gasteiger partial charge on any atom is -0.377 e. The molecule has 0 bridgehead atoms. The molecule has 2 rings (SSSR count). The van der Waals surface area contributed by atoms with Crippen LogP contribution in [0.3, 0.4) is 0 Å². The van der Waals surface area contributed by atoms with Gasteiger partial charge in [-0.15, -0.1) is 0 Å². The molecule has 1 saturated heterocycles. The highest BCUT2D eigenvalue weighted by molar-refractivity contribution is 4.92. The van der Waals surface area contributed by atoms with Gasteiger partial charge in [-0.1, -0.05) is 0 Å². The average Bonchev–Trinajstić information content (AvgIpc) is 2.21. The lowest BCUT2D eigenvalue weighted by Gasteiger charge is -2.44. The molecule has 3 heteroatoms. The van der Waals surface area contributed by atoms with Crippen LogP contribution in [0.4, 0.5) is 0 Å². The first kappa shape index (κ1) is 12.3. The first-order valence-corrected chi connectivity index (χ1v) is 6.75. The third-order valence-electron chi connectivity index (χ3n) is 4.23. The summed E-state index contributed by atoms with van der Waals surface area (Å²) in [5, 5.41) is 3.55. The molecule has 3 nitrogen and oxygen atoms in total. The van der Waals surface area contributed by atoms with Gasteiger partial charge in [-0.05, 0) is 58.7 Å². The van der Waals surface area contributed by atoms with Gasteiger partial charge >= 0.3 is 0 Å². The summed E-state index contributed by atoms with van der Waals surface area (Å²) in [5.74, 6) is 0. The van der Waals surface area contributed by atoms with Crippen molar-refractivity contribution in [2.24, 2.45) is 0 Å². The highest BCUT2D eigenvalue weighted by atomic mass is 16.5. The van der Waals surface area contributed by atoms with E-state index >= 15 is 0 Å². The van der Waals surface area contributed by atoms with E-state index in [1.165, 1.54) is 45.2 Å². The topological polar surface area (TPSA) is 24.5 Å². The molecule has 0 radical (unpaired) electrons. The molecule has 1 atom stereocenters. The summed E-state index contributed by atoms with van der Waals surface area (Å²) in [6, 6.07) is 0.669. The van der Waals surface area contributed by atoms with Crippen molar-refractivity contribution in [3.05, 3.63) is 0 Å². The van der Waals surface area contributed by atoms with Crippen molar-refractivity contribution in [2.45, 2.75) is 50.7 Å².